The number of nitro groups is 1. The maximum Gasteiger partial charge on any atom is 0.269 e. The Kier molecular flexibility index (Phi) is 22.2. The fraction of sp³-hybridized carbons (Fsp3) is 0.600. The molecule has 0 radical (unpaired) electrons. The van der Waals surface area contributed by atoms with Crippen molar-refractivity contribution in [3.63, 3.8) is 0 Å². The van der Waals surface area contributed by atoms with Gasteiger partial charge in [-0.2, -0.15) is 0 Å². The summed E-state index contributed by atoms with van der Waals surface area (Å²) >= 11 is 0. The van der Waals surface area contributed by atoms with Crippen molar-refractivity contribution in [2.75, 3.05) is 125 Å². The average molecular weight is 627 g/mol. The van der Waals surface area contributed by atoms with E-state index in [-0.39, 0.29) is 5.69 Å². The highest BCUT2D eigenvalue weighted by atomic mass is 16.6. The van der Waals surface area contributed by atoms with Crippen molar-refractivity contribution in [3.05, 3.63) is 58.6 Å². The van der Waals surface area contributed by atoms with Crippen LogP contribution in [0.3, 0.4) is 0 Å². The van der Waals surface area contributed by atoms with Crippen LogP contribution in [0.4, 0.5) is 11.4 Å². The first-order valence-electron chi connectivity index (χ1n) is 14.6. The van der Waals surface area contributed by atoms with Gasteiger partial charge >= 0.3 is 0 Å². The number of hydrogen-bond donors (Lipinski definition) is 1. The molecule has 14 nitrogen and oxygen atoms in total. The zero-order valence-corrected chi connectivity index (χ0v) is 25.3. The first-order chi connectivity index (χ1) is 21.6. The van der Waals surface area contributed by atoms with E-state index in [9.17, 15) is 10.1 Å². The minimum absolute atomic E-state index is 0.0254. The van der Waals surface area contributed by atoms with Gasteiger partial charge in [0.15, 0.2) is 0 Å². The molecule has 2 N–H and O–H groups in total. The van der Waals surface area contributed by atoms with Gasteiger partial charge in [0.05, 0.1) is 111 Å². The number of rotatable bonds is 30. The van der Waals surface area contributed by atoms with Crippen molar-refractivity contribution < 1.29 is 52.3 Å². The second kappa shape index (κ2) is 26.3. The van der Waals surface area contributed by atoms with E-state index < -0.39 is 4.92 Å². The molecule has 0 spiro atoms. The Morgan fingerprint density at radius 1 is 0.432 bits per heavy atom. The molecule has 0 saturated heterocycles. The molecule has 0 unspecified atom stereocenters. The zero-order chi connectivity index (χ0) is 31.3. The molecule has 0 aliphatic carbocycles. The van der Waals surface area contributed by atoms with E-state index in [1.807, 2.05) is 12.1 Å². The van der Waals surface area contributed by atoms with Gasteiger partial charge in [0.1, 0.15) is 24.7 Å². The van der Waals surface area contributed by atoms with Crippen LogP contribution in [0.2, 0.25) is 0 Å². The van der Waals surface area contributed by atoms with Crippen LogP contribution in [0.15, 0.2) is 48.5 Å². The van der Waals surface area contributed by atoms with Crippen molar-refractivity contribution in [2.45, 2.75) is 0 Å². The van der Waals surface area contributed by atoms with Gasteiger partial charge < -0.3 is 53.1 Å². The van der Waals surface area contributed by atoms with Crippen LogP contribution in [-0.4, -0.2) is 124 Å². The lowest BCUT2D eigenvalue weighted by Gasteiger charge is -2.09. The summed E-state index contributed by atoms with van der Waals surface area (Å²) in [5.41, 5.74) is 6.36. The molecule has 2 rings (SSSR count). The maximum absolute atomic E-state index is 10.6. The summed E-state index contributed by atoms with van der Waals surface area (Å²) in [7, 11) is 0. The molecule has 2 aromatic rings. The molecule has 14 heteroatoms. The summed E-state index contributed by atoms with van der Waals surface area (Å²) in [6.07, 6.45) is 0. The smallest absolute Gasteiger partial charge is 0.269 e. The van der Waals surface area contributed by atoms with Crippen molar-refractivity contribution in [3.8, 4) is 11.5 Å². The van der Waals surface area contributed by atoms with E-state index in [1.54, 1.807) is 24.3 Å². The standard InChI is InChI=1S/C30H46N2O12/c31-27-1-5-29(6-2-27)43-25-23-41-21-19-39-17-15-37-13-11-35-9-10-36-12-14-38-16-18-40-20-22-42-24-26-44-30-7-3-28(4-8-30)32(33)34/h1-8H,9-26,31H2. The lowest BCUT2D eigenvalue weighted by atomic mass is 10.3. The van der Waals surface area contributed by atoms with E-state index in [1.165, 1.54) is 12.1 Å². The molecule has 0 amide bonds. The third-order valence-corrected chi connectivity index (χ3v) is 5.52. The van der Waals surface area contributed by atoms with Crippen molar-refractivity contribution >= 4 is 11.4 Å². The first kappa shape index (κ1) is 37.1. The predicted molar refractivity (Wildman–Crippen MR) is 161 cm³/mol. The van der Waals surface area contributed by atoms with Crippen molar-refractivity contribution in [1.29, 1.82) is 0 Å². The number of non-ortho nitro benzene ring substituents is 1. The van der Waals surface area contributed by atoms with Crippen LogP contribution in [0.5, 0.6) is 11.5 Å². The van der Waals surface area contributed by atoms with Gasteiger partial charge in [0.25, 0.3) is 5.69 Å². The second-order valence-electron chi connectivity index (χ2n) is 8.92. The molecule has 0 bridgehead atoms. The van der Waals surface area contributed by atoms with E-state index in [4.69, 9.17) is 53.1 Å². The highest BCUT2D eigenvalue weighted by Crippen LogP contribution is 2.17. The normalized spacial score (nSPS) is 11.1. The van der Waals surface area contributed by atoms with Gasteiger partial charge in [-0.15, -0.1) is 0 Å². The highest BCUT2D eigenvalue weighted by Gasteiger charge is 2.04. The van der Waals surface area contributed by atoms with Crippen molar-refractivity contribution in [1.82, 2.24) is 0 Å². The lowest BCUT2D eigenvalue weighted by molar-refractivity contribution is -0.384. The van der Waals surface area contributed by atoms with E-state index in [2.05, 4.69) is 0 Å². The predicted octanol–water partition coefficient (Wildman–Crippen LogP) is 2.77. The summed E-state index contributed by atoms with van der Waals surface area (Å²) in [5, 5.41) is 10.6. The molecule has 44 heavy (non-hydrogen) atoms. The Morgan fingerprint density at radius 2 is 0.682 bits per heavy atom. The molecule has 2 aromatic carbocycles. The summed E-state index contributed by atoms with van der Waals surface area (Å²) in [6, 6.07) is 13.1. The highest BCUT2D eigenvalue weighted by molar-refractivity contribution is 5.41. The number of nitrogen functional groups attached to an aromatic ring is 1. The minimum Gasteiger partial charge on any atom is -0.491 e. The number of anilines is 1. The molecule has 248 valence electrons. The quantitative estimate of drug-likeness (QED) is 0.0584. The molecule has 0 aromatic heterocycles. The molecule has 0 atom stereocenters. The number of ether oxygens (including phenoxy) is 10. The van der Waals surface area contributed by atoms with Gasteiger partial charge in [0.2, 0.25) is 0 Å². The molecule has 0 heterocycles. The molecule has 0 fully saturated rings. The fourth-order valence-corrected chi connectivity index (χ4v) is 3.31. The zero-order valence-electron chi connectivity index (χ0n) is 25.3. The van der Waals surface area contributed by atoms with Gasteiger partial charge in [-0.3, -0.25) is 10.1 Å². The van der Waals surface area contributed by atoms with Crippen LogP contribution >= 0.6 is 0 Å². The maximum atomic E-state index is 10.6. The third kappa shape index (κ3) is 20.8. The molecular weight excluding hydrogens is 580 g/mol. The minimum atomic E-state index is -0.452. The summed E-state index contributed by atoms with van der Waals surface area (Å²) in [4.78, 5) is 10.2. The number of nitrogens with two attached hydrogens (primary N) is 1. The number of nitro benzene ring substituents is 1. The van der Waals surface area contributed by atoms with Gasteiger partial charge in [-0.25, -0.2) is 0 Å². The Hall–Kier alpha value is -3.08. The van der Waals surface area contributed by atoms with Crippen molar-refractivity contribution in [2.24, 2.45) is 0 Å². The van der Waals surface area contributed by atoms with Crippen LogP contribution < -0.4 is 15.2 Å². The second-order valence-corrected chi connectivity index (χ2v) is 8.92. The van der Waals surface area contributed by atoms with Crippen LogP contribution in [-0.2, 0) is 37.9 Å². The Labute approximate surface area is 258 Å². The summed E-state index contributed by atoms with van der Waals surface area (Å²) < 4.78 is 54.6. The van der Waals surface area contributed by atoms with Gasteiger partial charge in [-0.05, 0) is 36.4 Å². The van der Waals surface area contributed by atoms with E-state index in [0.29, 0.717) is 130 Å². The Balaban J connectivity index is 1.18. The monoisotopic (exact) mass is 626 g/mol. The van der Waals surface area contributed by atoms with E-state index in [0.717, 1.165) is 5.75 Å². The first-order valence-corrected chi connectivity index (χ1v) is 14.6. The topological polar surface area (TPSA) is 161 Å². The van der Waals surface area contributed by atoms with Gasteiger partial charge in [0, 0.05) is 17.8 Å². The Bertz CT molecular complexity index is 950. The summed E-state index contributed by atoms with van der Waals surface area (Å²) in [5.74, 6) is 1.32. The SMILES string of the molecule is Nc1ccc(OCCOCCOCCOCCOCCOCCOCCOCCOCCOc2ccc([N+](=O)[O-])cc2)cc1. The third-order valence-electron chi connectivity index (χ3n) is 5.52. The fourth-order valence-electron chi connectivity index (χ4n) is 3.31. The van der Waals surface area contributed by atoms with Crippen LogP contribution in [0.25, 0.3) is 0 Å². The van der Waals surface area contributed by atoms with E-state index >= 15 is 0 Å². The molecular formula is C30H46N2O12. The number of nitrogens with zero attached hydrogens (tertiary/aromatic N) is 1. The molecule has 0 aliphatic rings. The van der Waals surface area contributed by atoms with Crippen LogP contribution in [0.1, 0.15) is 0 Å². The number of hydrogen-bond acceptors (Lipinski definition) is 13. The lowest BCUT2D eigenvalue weighted by Crippen LogP contribution is -2.15. The number of benzene rings is 2. The molecule has 0 saturated carbocycles. The summed E-state index contributed by atoms with van der Waals surface area (Å²) in [6.45, 7) is 8.41. The van der Waals surface area contributed by atoms with Gasteiger partial charge in [-0.1, -0.05) is 0 Å². The van der Waals surface area contributed by atoms with Crippen LogP contribution in [0, 0.1) is 10.1 Å². The molecule has 0 aliphatic heterocycles. The Morgan fingerprint density at radius 3 is 0.955 bits per heavy atom. The largest absolute Gasteiger partial charge is 0.491 e. The average Bonchev–Trinajstić information content (AvgIpc) is 3.03.